The lowest BCUT2D eigenvalue weighted by Crippen LogP contribution is -2.36. The molecule has 0 atom stereocenters. The number of nitrogens with one attached hydrogen (secondary N) is 2. The van der Waals surface area contributed by atoms with E-state index in [2.05, 4.69) is 25.6 Å². The Hall–Kier alpha value is -3.95. The molecule has 0 unspecified atom stereocenters. The monoisotopic (exact) mass is 467 g/mol. The molecule has 3 aromatic rings. The number of ether oxygens (including phenoxy) is 1. The molecule has 2 amide bonds. The number of amides is 2. The second-order valence-electron chi connectivity index (χ2n) is 8.32. The molecule has 10 nitrogen and oxygen atoms in total. The van der Waals surface area contributed by atoms with Crippen LogP contribution in [0.15, 0.2) is 46.1 Å². The van der Waals surface area contributed by atoms with E-state index in [1.165, 1.54) is 12.4 Å². The van der Waals surface area contributed by atoms with Crippen molar-refractivity contribution < 1.29 is 19.0 Å². The van der Waals surface area contributed by atoms with E-state index in [0.29, 0.717) is 36.1 Å². The number of aryl methyl sites for hydroxylation is 1. The van der Waals surface area contributed by atoms with Crippen LogP contribution in [0, 0.1) is 12.8 Å². The summed E-state index contributed by atoms with van der Waals surface area (Å²) in [6.07, 6.45) is 3.66. The molecule has 34 heavy (non-hydrogen) atoms. The van der Waals surface area contributed by atoms with Crippen molar-refractivity contribution in [2.45, 2.75) is 40.3 Å². The van der Waals surface area contributed by atoms with Crippen LogP contribution in [-0.2, 0) is 13.1 Å². The summed E-state index contributed by atoms with van der Waals surface area (Å²) in [5.41, 5.74) is 0.907. The zero-order valence-corrected chi connectivity index (χ0v) is 19.8. The Morgan fingerprint density at radius 3 is 2.38 bits per heavy atom. The van der Waals surface area contributed by atoms with Crippen LogP contribution >= 0.6 is 0 Å². The molecule has 0 saturated heterocycles. The minimum atomic E-state index is -0.647. The molecule has 2 N–H and O–H groups in total. The van der Waals surface area contributed by atoms with Crippen molar-refractivity contribution in [3.8, 4) is 5.75 Å². The number of nitrogens with zero attached hydrogens (tertiary/aromatic N) is 3. The first kappa shape index (κ1) is 24.7. The van der Waals surface area contributed by atoms with Gasteiger partial charge in [-0.05, 0) is 25.3 Å². The minimum Gasteiger partial charge on any atom is -0.496 e. The van der Waals surface area contributed by atoms with Gasteiger partial charge in [0.15, 0.2) is 0 Å². The highest BCUT2D eigenvalue weighted by Crippen LogP contribution is 2.18. The quantitative estimate of drug-likeness (QED) is 0.468. The molecule has 180 valence electrons. The summed E-state index contributed by atoms with van der Waals surface area (Å²) in [4.78, 5) is 38.8. The molecule has 0 saturated carbocycles. The van der Waals surface area contributed by atoms with Gasteiger partial charge in [0.1, 0.15) is 28.3 Å². The summed E-state index contributed by atoms with van der Waals surface area (Å²) in [6.45, 7) is 6.54. The fourth-order valence-corrected chi connectivity index (χ4v) is 3.32. The zero-order chi connectivity index (χ0) is 24.7. The van der Waals surface area contributed by atoms with Crippen LogP contribution in [0.1, 0.15) is 57.9 Å². The number of pyridine rings is 1. The van der Waals surface area contributed by atoms with Gasteiger partial charge in [-0.3, -0.25) is 14.4 Å². The first-order chi connectivity index (χ1) is 16.3. The van der Waals surface area contributed by atoms with E-state index in [4.69, 9.17) is 4.74 Å². The fourth-order valence-electron chi connectivity index (χ4n) is 3.32. The Balaban J connectivity index is 1.93. The van der Waals surface area contributed by atoms with Gasteiger partial charge in [0.2, 0.25) is 5.43 Å². The molecule has 0 aliphatic rings. The van der Waals surface area contributed by atoms with E-state index in [-0.39, 0.29) is 17.7 Å². The lowest BCUT2D eigenvalue weighted by molar-refractivity contribution is 0.0947. The highest BCUT2D eigenvalue weighted by Gasteiger charge is 2.20. The standard InChI is InChI=1S/C24H29N5O5/c1-15(2)9-10-25-23(31)18-13-29(12-17-7-5-6-8-21(17)33-4)14-19(22(18)30)24(32)26-11-20-16(3)27-34-28-20/h5-8,13-15H,9-12H2,1-4H3,(H,25,31)(H,26,32). The van der Waals surface area contributed by atoms with Crippen molar-refractivity contribution >= 4 is 11.8 Å². The van der Waals surface area contributed by atoms with Gasteiger partial charge < -0.3 is 19.9 Å². The van der Waals surface area contributed by atoms with Gasteiger partial charge in [-0.15, -0.1) is 0 Å². The van der Waals surface area contributed by atoms with Crippen molar-refractivity contribution in [3.63, 3.8) is 0 Å². The third-order valence-corrected chi connectivity index (χ3v) is 5.28. The van der Waals surface area contributed by atoms with Gasteiger partial charge in [-0.2, -0.15) is 0 Å². The van der Waals surface area contributed by atoms with Crippen molar-refractivity contribution in [2.75, 3.05) is 13.7 Å². The van der Waals surface area contributed by atoms with Crippen molar-refractivity contribution in [3.05, 3.63) is 75.0 Å². The average Bonchev–Trinajstić information content (AvgIpc) is 3.23. The summed E-state index contributed by atoms with van der Waals surface area (Å²) in [5, 5.41) is 12.8. The Morgan fingerprint density at radius 1 is 1.09 bits per heavy atom. The van der Waals surface area contributed by atoms with Crippen LogP contribution in [0.25, 0.3) is 0 Å². The number of aromatic nitrogens is 3. The normalized spacial score (nSPS) is 10.9. The van der Waals surface area contributed by atoms with Crippen LogP contribution < -0.4 is 20.8 Å². The van der Waals surface area contributed by atoms with Crippen LogP contribution in [0.2, 0.25) is 0 Å². The minimum absolute atomic E-state index is 0.0327. The Labute approximate surface area is 197 Å². The summed E-state index contributed by atoms with van der Waals surface area (Å²) < 4.78 is 11.7. The smallest absolute Gasteiger partial charge is 0.257 e. The summed E-state index contributed by atoms with van der Waals surface area (Å²) in [5.74, 6) is -0.0955. The molecule has 2 aromatic heterocycles. The molecule has 0 radical (unpaired) electrons. The van der Waals surface area contributed by atoms with Gasteiger partial charge >= 0.3 is 0 Å². The lowest BCUT2D eigenvalue weighted by Gasteiger charge is -2.14. The molecule has 3 rings (SSSR count). The van der Waals surface area contributed by atoms with E-state index >= 15 is 0 Å². The van der Waals surface area contributed by atoms with E-state index in [0.717, 1.165) is 12.0 Å². The summed E-state index contributed by atoms with van der Waals surface area (Å²) in [6, 6.07) is 7.40. The maximum atomic E-state index is 13.1. The number of benzene rings is 1. The Bertz CT molecular complexity index is 1210. The molecular formula is C24H29N5O5. The van der Waals surface area contributed by atoms with Crippen LogP contribution in [0.4, 0.5) is 0 Å². The van der Waals surface area contributed by atoms with Crippen LogP contribution in [0.5, 0.6) is 5.75 Å². The van der Waals surface area contributed by atoms with Gasteiger partial charge in [-0.1, -0.05) is 42.4 Å². The Kier molecular flexibility index (Phi) is 8.18. The van der Waals surface area contributed by atoms with Crippen LogP contribution in [0.3, 0.4) is 0 Å². The molecule has 0 fully saturated rings. The van der Waals surface area contributed by atoms with E-state index in [1.807, 2.05) is 38.1 Å². The maximum Gasteiger partial charge on any atom is 0.257 e. The summed E-state index contributed by atoms with van der Waals surface area (Å²) in [7, 11) is 1.57. The number of hydrogen-bond donors (Lipinski definition) is 2. The SMILES string of the molecule is COc1ccccc1Cn1cc(C(=O)NCCC(C)C)c(=O)c(C(=O)NCc2nonc2C)c1. The number of carbonyl (C=O) groups excluding carboxylic acids is 2. The maximum absolute atomic E-state index is 13.1. The van der Waals surface area contributed by atoms with Crippen molar-refractivity contribution in [1.29, 1.82) is 0 Å². The fraction of sp³-hybridized carbons (Fsp3) is 0.375. The number of methoxy groups -OCH3 is 1. The third-order valence-electron chi connectivity index (χ3n) is 5.28. The summed E-state index contributed by atoms with van der Waals surface area (Å²) >= 11 is 0. The van der Waals surface area contributed by atoms with Gasteiger partial charge in [0, 0.05) is 24.5 Å². The largest absolute Gasteiger partial charge is 0.496 e. The van der Waals surface area contributed by atoms with Gasteiger partial charge in [0.25, 0.3) is 11.8 Å². The molecule has 10 heteroatoms. The molecular weight excluding hydrogens is 438 g/mol. The van der Waals surface area contributed by atoms with Crippen molar-refractivity contribution in [2.24, 2.45) is 5.92 Å². The predicted octanol–water partition coefficient (Wildman–Crippen LogP) is 2.30. The third kappa shape index (κ3) is 6.09. The second kappa shape index (κ2) is 11.3. The molecule has 2 heterocycles. The van der Waals surface area contributed by atoms with E-state index < -0.39 is 17.2 Å². The molecule has 0 bridgehead atoms. The van der Waals surface area contributed by atoms with Crippen molar-refractivity contribution in [1.82, 2.24) is 25.5 Å². The first-order valence-electron chi connectivity index (χ1n) is 11.0. The second-order valence-corrected chi connectivity index (χ2v) is 8.32. The molecule has 0 aliphatic heterocycles. The number of carbonyl (C=O) groups is 2. The van der Waals surface area contributed by atoms with E-state index in [9.17, 15) is 14.4 Å². The highest BCUT2D eigenvalue weighted by molar-refractivity contribution is 5.99. The zero-order valence-electron chi connectivity index (χ0n) is 19.8. The molecule has 1 aromatic carbocycles. The number of hydrogen-bond acceptors (Lipinski definition) is 7. The van der Waals surface area contributed by atoms with Crippen LogP contribution in [-0.4, -0.2) is 40.3 Å². The van der Waals surface area contributed by atoms with Gasteiger partial charge in [-0.25, -0.2) is 4.63 Å². The first-order valence-corrected chi connectivity index (χ1v) is 11.0. The highest BCUT2D eigenvalue weighted by atomic mass is 16.6. The number of para-hydroxylation sites is 1. The van der Waals surface area contributed by atoms with E-state index in [1.54, 1.807) is 18.6 Å². The number of rotatable bonds is 10. The van der Waals surface area contributed by atoms with Gasteiger partial charge in [0.05, 0.1) is 20.2 Å². The average molecular weight is 468 g/mol. The predicted molar refractivity (Wildman–Crippen MR) is 125 cm³/mol. The Morgan fingerprint density at radius 2 is 1.76 bits per heavy atom. The molecule has 0 aliphatic carbocycles. The topological polar surface area (TPSA) is 128 Å². The molecule has 0 spiro atoms. The lowest BCUT2D eigenvalue weighted by atomic mass is 10.1.